The highest BCUT2D eigenvalue weighted by Crippen LogP contribution is 2.29. The molecule has 1 aliphatic rings. The van der Waals surface area contributed by atoms with Crippen molar-refractivity contribution in [2.24, 2.45) is 0 Å². The maximum absolute atomic E-state index is 12.6. The number of ether oxygens (including phenoxy) is 1. The van der Waals surface area contributed by atoms with Crippen LogP contribution in [0.5, 0.6) is 5.88 Å². The van der Waals surface area contributed by atoms with Crippen molar-refractivity contribution in [1.29, 1.82) is 0 Å². The van der Waals surface area contributed by atoms with E-state index in [9.17, 15) is 18.0 Å². The summed E-state index contributed by atoms with van der Waals surface area (Å²) in [6, 6.07) is 16.1. The zero-order chi connectivity index (χ0) is 21.8. The number of likely N-dealkylation sites (tertiary alicyclic amines) is 1. The van der Waals surface area contributed by atoms with Gasteiger partial charge in [-0.15, -0.1) is 0 Å². The smallest absolute Gasteiger partial charge is 0.417 e. The molecule has 5 nitrogen and oxygen atoms in total. The topological polar surface area (TPSA) is 54.5 Å². The molecule has 8 heteroatoms. The number of rotatable bonds is 4. The molecular weight excluding hydrogens is 407 g/mol. The number of urea groups is 1. The van der Waals surface area contributed by atoms with E-state index in [4.69, 9.17) is 4.74 Å². The van der Waals surface area contributed by atoms with Crippen molar-refractivity contribution in [2.45, 2.75) is 31.7 Å². The fraction of sp³-hybridized carbons (Fsp3) is 0.304. The number of amides is 2. The molecule has 0 aliphatic carbocycles. The first-order valence-corrected chi connectivity index (χ1v) is 10.1. The number of hydrogen-bond donors (Lipinski definition) is 1. The van der Waals surface area contributed by atoms with Crippen molar-refractivity contribution in [1.82, 2.24) is 15.2 Å². The lowest BCUT2D eigenvalue weighted by Crippen LogP contribution is -2.46. The minimum atomic E-state index is -4.42. The maximum atomic E-state index is 12.6. The van der Waals surface area contributed by atoms with E-state index in [-0.39, 0.29) is 18.0 Å². The van der Waals surface area contributed by atoms with Gasteiger partial charge in [0.15, 0.2) is 0 Å². The average molecular weight is 429 g/mol. The standard InChI is InChI=1S/C23H22F3N3O2/c24-23(25,26)18-8-9-21(27-15-18)31-19-10-12-29(13-11-19)22(30)28-14-17-6-3-5-16-4-1-2-7-20(16)17/h1-9,15,19H,10-14H2,(H,28,30). The third-order valence-electron chi connectivity index (χ3n) is 5.39. The van der Waals surface area contributed by atoms with E-state index >= 15 is 0 Å². The van der Waals surface area contributed by atoms with Gasteiger partial charge >= 0.3 is 12.2 Å². The number of nitrogens with one attached hydrogen (secondary N) is 1. The molecule has 0 atom stereocenters. The highest BCUT2D eigenvalue weighted by Gasteiger charge is 2.31. The summed E-state index contributed by atoms with van der Waals surface area (Å²) in [6.45, 7) is 1.45. The summed E-state index contributed by atoms with van der Waals surface area (Å²) >= 11 is 0. The van der Waals surface area contributed by atoms with Crippen LogP contribution in [0.2, 0.25) is 0 Å². The Kier molecular flexibility index (Phi) is 5.97. The van der Waals surface area contributed by atoms with Crippen molar-refractivity contribution < 1.29 is 22.7 Å². The van der Waals surface area contributed by atoms with Crippen molar-refractivity contribution in [3.05, 3.63) is 71.9 Å². The molecule has 1 saturated heterocycles. The number of nitrogens with zero attached hydrogens (tertiary/aromatic N) is 2. The van der Waals surface area contributed by atoms with Crippen LogP contribution in [0.15, 0.2) is 60.8 Å². The molecule has 0 saturated carbocycles. The fourth-order valence-corrected chi connectivity index (χ4v) is 3.69. The minimum absolute atomic E-state index is 0.140. The lowest BCUT2D eigenvalue weighted by Gasteiger charge is -2.32. The Bertz CT molecular complexity index is 1040. The predicted octanol–water partition coefficient (Wildman–Crippen LogP) is 5.01. The van der Waals surface area contributed by atoms with E-state index in [1.54, 1.807) is 4.90 Å². The van der Waals surface area contributed by atoms with Crippen LogP contribution >= 0.6 is 0 Å². The largest absolute Gasteiger partial charge is 0.474 e. The van der Waals surface area contributed by atoms with Crippen LogP contribution < -0.4 is 10.1 Å². The molecule has 2 heterocycles. The third kappa shape index (κ3) is 5.07. The van der Waals surface area contributed by atoms with Gasteiger partial charge in [-0.2, -0.15) is 13.2 Å². The summed E-state index contributed by atoms with van der Waals surface area (Å²) in [5, 5.41) is 5.21. The van der Waals surface area contributed by atoms with Crippen LogP contribution in [0.4, 0.5) is 18.0 Å². The molecule has 0 spiro atoms. The summed E-state index contributed by atoms with van der Waals surface area (Å²) in [5.74, 6) is 0.159. The third-order valence-corrected chi connectivity index (χ3v) is 5.39. The number of aromatic nitrogens is 1. The van der Waals surface area contributed by atoms with Gasteiger partial charge < -0.3 is 15.0 Å². The minimum Gasteiger partial charge on any atom is -0.474 e. The molecule has 1 fully saturated rings. The van der Waals surface area contributed by atoms with Gasteiger partial charge in [-0.1, -0.05) is 42.5 Å². The van der Waals surface area contributed by atoms with Gasteiger partial charge in [-0.25, -0.2) is 9.78 Å². The van der Waals surface area contributed by atoms with Gasteiger partial charge in [0.2, 0.25) is 5.88 Å². The van der Waals surface area contributed by atoms with Crippen LogP contribution in [0.3, 0.4) is 0 Å². The first-order chi connectivity index (χ1) is 14.9. The summed E-state index contributed by atoms with van der Waals surface area (Å²) in [7, 11) is 0. The summed E-state index contributed by atoms with van der Waals surface area (Å²) in [6.07, 6.45) is -2.66. The number of benzene rings is 2. The molecule has 0 bridgehead atoms. The molecule has 2 aromatic carbocycles. The van der Waals surface area contributed by atoms with Crippen LogP contribution in [0.1, 0.15) is 24.0 Å². The Morgan fingerprint density at radius 3 is 2.52 bits per heavy atom. The van der Waals surface area contributed by atoms with Gasteiger partial charge in [0.1, 0.15) is 6.10 Å². The molecule has 162 valence electrons. The molecule has 3 aromatic rings. The highest BCUT2D eigenvalue weighted by atomic mass is 19.4. The van der Waals surface area contributed by atoms with E-state index in [2.05, 4.69) is 10.3 Å². The number of pyridine rings is 1. The Morgan fingerprint density at radius 1 is 1.06 bits per heavy atom. The van der Waals surface area contributed by atoms with Crippen molar-refractivity contribution in [3.63, 3.8) is 0 Å². The van der Waals surface area contributed by atoms with E-state index in [0.29, 0.717) is 32.5 Å². The lowest BCUT2D eigenvalue weighted by atomic mass is 10.0. The molecule has 1 aromatic heterocycles. The van der Waals surface area contributed by atoms with Gasteiger partial charge in [0.05, 0.1) is 5.56 Å². The van der Waals surface area contributed by atoms with Gasteiger partial charge in [0.25, 0.3) is 0 Å². The number of halogens is 3. The maximum Gasteiger partial charge on any atom is 0.417 e. The quantitative estimate of drug-likeness (QED) is 0.635. The van der Waals surface area contributed by atoms with Crippen molar-refractivity contribution >= 4 is 16.8 Å². The highest BCUT2D eigenvalue weighted by molar-refractivity contribution is 5.86. The van der Waals surface area contributed by atoms with Gasteiger partial charge in [-0.3, -0.25) is 0 Å². The zero-order valence-electron chi connectivity index (χ0n) is 16.7. The van der Waals surface area contributed by atoms with Crippen LogP contribution in [-0.4, -0.2) is 35.1 Å². The number of hydrogen-bond acceptors (Lipinski definition) is 3. The molecule has 1 aliphatic heterocycles. The predicted molar refractivity (Wildman–Crippen MR) is 111 cm³/mol. The molecule has 0 radical (unpaired) electrons. The normalized spacial score (nSPS) is 15.1. The van der Waals surface area contributed by atoms with E-state index < -0.39 is 11.7 Å². The molecule has 0 unspecified atom stereocenters. The van der Waals surface area contributed by atoms with Crippen molar-refractivity contribution in [2.75, 3.05) is 13.1 Å². The summed E-state index contributed by atoms with van der Waals surface area (Å²) in [4.78, 5) is 18.0. The Hall–Kier alpha value is -3.29. The number of carbonyl (C=O) groups excluding carboxylic acids is 1. The molecular formula is C23H22F3N3O2. The van der Waals surface area contributed by atoms with Crippen LogP contribution in [-0.2, 0) is 12.7 Å². The van der Waals surface area contributed by atoms with Crippen molar-refractivity contribution in [3.8, 4) is 5.88 Å². The first kappa shape index (κ1) is 21.0. The summed E-state index contributed by atoms with van der Waals surface area (Å²) in [5.41, 5.74) is 0.246. The molecule has 2 amide bonds. The molecule has 1 N–H and O–H groups in total. The second kappa shape index (κ2) is 8.83. The van der Waals surface area contributed by atoms with E-state index in [1.807, 2.05) is 42.5 Å². The number of carbonyl (C=O) groups is 1. The Labute approximate surface area is 177 Å². The second-order valence-corrected chi connectivity index (χ2v) is 7.48. The van der Waals surface area contributed by atoms with Crippen LogP contribution in [0, 0.1) is 0 Å². The van der Waals surface area contributed by atoms with E-state index in [0.717, 1.165) is 28.6 Å². The second-order valence-electron chi connectivity index (χ2n) is 7.48. The van der Waals surface area contributed by atoms with Crippen LogP contribution in [0.25, 0.3) is 10.8 Å². The number of fused-ring (bicyclic) bond motifs is 1. The summed E-state index contributed by atoms with van der Waals surface area (Å²) < 4.78 is 43.6. The first-order valence-electron chi connectivity index (χ1n) is 10.1. The van der Waals surface area contributed by atoms with Gasteiger partial charge in [-0.05, 0) is 22.4 Å². The SMILES string of the molecule is O=C(NCc1cccc2ccccc12)N1CCC(Oc2ccc(C(F)(F)F)cn2)CC1. The van der Waals surface area contributed by atoms with E-state index in [1.165, 1.54) is 6.07 Å². The Balaban J connectivity index is 1.27. The average Bonchev–Trinajstić information content (AvgIpc) is 2.78. The monoisotopic (exact) mass is 429 g/mol. The fourth-order valence-electron chi connectivity index (χ4n) is 3.69. The Morgan fingerprint density at radius 2 is 1.81 bits per heavy atom. The molecule has 31 heavy (non-hydrogen) atoms. The zero-order valence-corrected chi connectivity index (χ0v) is 16.7. The lowest BCUT2D eigenvalue weighted by molar-refractivity contribution is -0.137. The van der Waals surface area contributed by atoms with Gasteiger partial charge in [0, 0.05) is 44.7 Å². The molecule has 4 rings (SSSR count). The number of alkyl halides is 3. The number of piperidine rings is 1.